The fraction of sp³-hybridized carbons (Fsp3) is 0.0588. The maximum Gasteiger partial charge on any atom is 0.316 e. The van der Waals surface area contributed by atoms with Gasteiger partial charge in [-0.05, 0) is 30.3 Å². The van der Waals surface area contributed by atoms with E-state index in [4.69, 9.17) is 5.73 Å². The Kier molecular flexibility index (Phi) is 4.42. The lowest BCUT2D eigenvalue weighted by atomic mass is 10.2. The van der Waals surface area contributed by atoms with E-state index in [0.717, 1.165) is 10.1 Å². The molecule has 4 N–H and O–H groups in total. The van der Waals surface area contributed by atoms with E-state index in [-0.39, 0.29) is 18.0 Å². The van der Waals surface area contributed by atoms with Gasteiger partial charge in [0.2, 0.25) is 5.91 Å². The molecule has 0 spiro atoms. The molecule has 0 radical (unpaired) electrons. The third-order valence-electron chi connectivity index (χ3n) is 3.49. The molecule has 3 aromatic rings. The highest BCUT2D eigenvalue weighted by atomic mass is 16.2. The number of rotatable bonds is 4. The zero-order valence-corrected chi connectivity index (χ0v) is 13.1. The fourth-order valence-electron chi connectivity index (χ4n) is 2.36. The molecule has 0 unspecified atom stereocenters. The van der Waals surface area contributed by atoms with Crippen molar-refractivity contribution in [1.29, 1.82) is 0 Å². The van der Waals surface area contributed by atoms with Crippen LogP contribution in [-0.4, -0.2) is 21.7 Å². The Morgan fingerprint density at radius 3 is 2.32 bits per heavy atom. The maximum atomic E-state index is 12.3. The number of aromatic nitrogens is 2. The number of benzene rings is 2. The third kappa shape index (κ3) is 3.81. The number of hydrogen-bond acceptors (Lipinski definition) is 4. The second-order valence-corrected chi connectivity index (χ2v) is 5.31. The first-order valence-electron chi connectivity index (χ1n) is 7.44. The van der Waals surface area contributed by atoms with E-state index in [1.165, 1.54) is 0 Å². The molecule has 1 heterocycles. The average Bonchev–Trinajstić information content (AvgIpc) is 2.59. The Hall–Kier alpha value is -3.68. The number of nitrogens with zero attached hydrogens (tertiary/aromatic N) is 2. The van der Waals surface area contributed by atoms with Crippen molar-refractivity contribution in [3.05, 3.63) is 65.1 Å². The molecule has 0 aliphatic heterocycles. The van der Waals surface area contributed by atoms with Gasteiger partial charge in [-0.1, -0.05) is 18.2 Å². The normalized spacial score (nSPS) is 10.4. The predicted octanol–water partition coefficient (Wildman–Crippen LogP) is 1.53. The summed E-state index contributed by atoms with van der Waals surface area (Å²) in [5, 5.41) is 10.3. The van der Waals surface area contributed by atoms with E-state index in [1.807, 2.05) is 6.07 Å². The van der Waals surface area contributed by atoms with E-state index in [0.29, 0.717) is 16.8 Å². The molecular formula is C17H15N5O3. The summed E-state index contributed by atoms with van der Waals surface area (Å²) in [5.74, 6) is -0.388. The number of primary amides is 1. The van der Waals surface area contributed by atoms with Crippen molar-refractivity contribution in [3.8, 4) is 0 Å². The zero-order chi connectivity index (χ0) is 17.8. The van der Waals surface area contributed by atoms with Crippen molar-refractivity contribution in [2.24, 2.45) is 5.73 Å². The van der Waals surface area contributed by atoms with E-state index < -0.39 is 6.03 Å². The molecule has 0 bridgehead atoms. The molecular weight excluding hydrogens is 322 g/mol. The van der Waals surface area contributed by atoms with E-state index in [1.54, 1.807) is 48.7 Å². The minimum atomic E-state index is -0.668. The van der Waals surface area contributed by atoms with Crippen LogP contribution in [0, 0.1) is 0 Å². The quantitative estimate of drug-likeness (QED) is 0.668. The summed E-state index contributed by atoms with van der Waals surface area (Å²) in [6, 6.07) is 12.8. The van der Waals surface area contributed by atoms with Crippen molar-refractivity contribution in [3.63, 3.8) is 0 Å². The highest BCUT2D eigenvalue weighted by molar-refractivity contribution is 5.92. The Labute approximate surface area is 142 Å². The van der Waals surface area contributed by atoms with Crippen LogP contribution in [0.25, 0.3) is 10.8 Å². The van der Waals surface area contributed by atoms with Gasteiger partial charge in [-0.15, -0.1) is 0 Å². The highest BCUT2D eigenvalue weighted by Crippen LogP contribution is 2.13. The van der Waals surface area contributed by atoms with E-state index >= 15 is 0 Å². The molecule has 0 atom stereocenters. The van der Waals surface area contributed by atoms with Crippen LogP contribution in [0.4, 0.5) is 16.2 Å². The van der Waals surface area contributed by atoms with Gasteiger partial charge in [-0.2, -0.15) is 5.10 Å². The van der Waals surface area contributed by atoms with Gasteiger partial charge in [0, 0.05) is 16.8 Å². The summed E-state index contributed by atoms with van der Waals surface area (Å²) in [6.45, 7) is -0.203. The summed E-state index contributed by atoms with van der Waals surface area (Å²) < 4.78 is 1.11. The zero-order valence-electron chi connectivity index (χ0n) is 13.1. The van der Waals surface area contributed by atoms with Crippen LogP contribution in [0.5, 0.6) is 0 Å². The molecule has 8 heteroatoms. The van der Waals surface area contributed by atoms with Gasteiger partial charge < -0.3 is 16.4 Å². The Bertz CT molecular complexity index is 995. The van der Waals surface area contributed by atoms with Crippen LogP contribution in [0.15, 0.2) is 59.5 Å². The SMILES string of the molecule is NC(=O)Nc1ccc(NC(=O)Cn2ncc3ccccc3c2=O)cc1. The van der Waals surface area contributed by atoms with Crippen molar-refractivity contribution in [2.45, 2.75) is 6.54 Å². The molecule has 0 saturated heterocycles. The maximum absolute atomic E-state index is 12.3. The van der Waals surface area contributed by atoms with E-state index in [9.17, 15) is 14.4 Å². The molecule has 25 heavy (non-hydrogen) atoms. The number of nitrogens with two attached hydrogens (primary N) is 1. The van der Waals surface area contributed by atoms with Crippen LogP contribution in [0.2, 0.25) is 0 Å². The Morgan fingerprint density at radius 2 is 1.64 bits per heavy atom. The van der Waals surface area contributed by atoms with Gasteiger partial charge in [0.05, 0.1) is 11.6 Å². The van der Waals surface area contributed by atoms with Crippen LogP contribution >= 0.6 is 0 Å². The second-order valence-electron chi connectivity index (χ2n) is 5.31. The molecule has 8 nitrogen and oxygen atoms in total. The number of nitrogens with one attached hydrogen (secondary N) is 2. The largest absolute Gasteiger partial charge is 0.351 e. The molecule has 2 aromatic carbocycles. The predicted molar refractivity (Wildman–Crippen MR) is 94.3 cm³/mol. The standard InChI is InChI=1S/C17H15N5O3/c18-17(25)21-13-7-5-12(6-8-13)20-15(23)10-22-16(24)14-4-2-1-3-11(14)9-19-22/h1-9H,10H2,(H,20,23)(H3,18,21,25). The number of hydrogen-bond donors (Lipinski definition) is 3. The average molecular weight is 337 g/mol. The Morgan fingerprint density at radius 1 is 1.00 bits per heavy atom. The van der Waals surface area contributed by atoms with Crippen LogP contribution in [-0.2, 0) is 11.3 Å². The van der Waals surface area contributed by atoms with Crippen molar-refractivity contribution in [2.75, 3.05) is 10.6 Å². The lowest BCUT2D eigenvalue weighted by Gasteiger charge is -2.08. The minimum absolute atomic E-state index is 0.203. The number of fused-ring (bicyclic) bond motifs is 1. The highest BCUT2D eigenvalue weighted by Gasteiger charge is 2.09. The topological polar surface area (TPSA) is 119 Å². The van der Waals surface area contributed by atoms with Gasteiger partial charge in [0.1, 0.15) is 6.54 Å². The van der Waals surface area contributed by atoms with Crippen molar-refractivity contribution in [1.82, 2.24) is 9.78 Å². The lowest BCUT2D eigenvalue weighted by Crippen LogP contribution is -2.29. The molecule has 0 aliphatic rings. The minimum Gasteiger partial charge on any atom is -0.351 e. The smallest absolute Gasteiger partial charge is 0.316 e. The second kappa shape index (κ2) is 6.83. The number of urea groups is 1. The first-order valence-corrected chi connectivity index (χ1v) is 7.44. The summed E-state index contributed by atoms with van der Waals surface area (Å²) in [4.78, 5) is 35.2. The number of carbonyl (C=O) groups is 2. The first kappa shape index (κ1) is 16.2. The molecule has 3 rings (SSSR count). The Balaban J connectivity index is 1.71. The van der Waals surface area contributed by atoms with Crippen LogP contribution in [0.3, 0.4) is 0 Å². The van der Waals surface area contributed by atoms with Gasteiger partial charge >= 0.3 is 6.03 Å². The van der Waals surface area contributed by atoms with Crippen molar-refractivity contribution >= 4 is 34.1 Å². The number of amides is 3. The van der Waals surface area contributed by atoms with Gasteiger partial charge in [0.25, 0.3) is 5.56 Å². The molecule has 3 amide bonds. The summed E-state index contributed by atoms with van der Waals surface area (Å²) >= 11 is 0. The monoisotopic (exact) mass is 337 g/mol. The number of anilines is 2. The van der Waals surface area contributed by atoms with E-state index in [2.05, 4.69) is 15.7 Å². The lowest BCUT2D eigenvalue weighted by molar-refractivity contribution is -0.117. The summed E-state index contributed by atoms with van der Waals surface area (Å²) in [6.07, 6.45) is 1.55. The van der Waals surface area contributed by atoms with Gasteiger partial charge in [-0.3, -0.25) is 9.59 Å². The third-order valence-corrected chi connectivity index (χ3v) is 3.49. The molecule has 0 saturated carbocycles. The van der Waals surface area contributed by atoms with Gasteiger partial charge in [-0.25, -0.2) is 9.48 Å². The first-order chi connectivity index (χ1) is 12.0. The molecule has 126 valence electrons. The van der Waals surface area contributed by atoms with Crippen molar-refractivity contribution < 1.29 is 9.59 Å². The number of carbonyl (C=O) groups excluding carboxylic acids is 2. The molecule has 0 fully saturated rings. The van der Waals surface area contributed by atoms with Crippen LogP contribution < -0.4 is 21.9 Å². The molecule has 1 aromatic heterocycles. The molecule has 0 aliphatic carbocycles. The summed E-state index contributed by atoms with van der Waals surface area (Å²) in [5.41, 5.74) is 5.73. The summed E-state index contributed by atoms with van der Waals surface area (Å²) in [7, 11) is 0. The van der Waals surface area contributed by atoms with Crippen LogP contribution in [0.1, 0.15) is 0 Å². The fourth-order valence-corrected chi connectivity index (χ4v) is 2.36. The van der Waals surface area contributed by atoms with Gasteiger partial charge in [0.15, 0.2) is 0 Å².